The topological polar surface area (TPSA) is 81.3 Å². The van der Waals surface area contributed by atoms with Gasteiger partial charge in [0.1, 0.15) is 11.4 Å². The number of nitrogens with one attached hydrogen (secondary N) is 1. The lowest BCUT2D eigenvalue weighted by Gasteiger charge is -2.36. The van der Waals surface area contributed by atoms with E-state index in [0.29, 0.717) is 30.1 Å². The number of esters is 1. The van der Waals surface area contributed by atoms with Gasteiger partial charge >= 0.3 is 5.97 Å². The number of para-hydroxylation sites is 1. The SMILES string of the molecule is CCc1cccc2c3c([nH]c12)C(CC)(CC(=O)Oc1ccc(SCC(=O)c2cnccc2C)cc1)OCC3. The van der Waals surface area contributed by atoms with Crippen LogP contribution in [0.25, 0.3) is 10.9 Å². The van der Waals surface area contributed by atoms with Gasteiger partial charge in [-0.3, -0.25) is 14.6 Å². The van der Waals surface area contributed by atoms with E-state index in [9.17, 15) is 9.59 Å². The number of pyridine rings is 1. The zero-order valence-electron chi connectivity index (χ0n) is 22.0. The Kier molecular flexibility index (Phi) is 7.68. The quantitative estimate of drug-likeness (QED) is 0.114. The Morgan fingerprint density at radius 1 is 1.13 bits per heavy atom. The second-order valence-corrected chi connectivity index (χ2v) is 10.7. The van der Waals surface area contributed by atoms with Gasteiger partial charge in [-0.1, -0.05) is 32.0 Å². The second-order valence-electron chi connectivity index (χ2n) is 9.64. The number of aromatic amines is 1. The first-order valence-electron chi connectivity index (χ1n) is 13.1. The normalized spacial score (nSPS) is 16.8. The van der Waals surface area contributed by atoms with Crippen molar-refractivity contribution in [3.63, 3.8) is 0 Å². The van der Waals surface area contributed by atoms with E-state index in [1.54, 1.807) is 24.5 Å². The van der Waals surface area contributed by atoms with Crippen molar-refractivity contribution in [2.45, 2.75) is 57.0 Å². The highest BCUT2D eigenvalue weighted by atomic mass is 32.2. The number of carbonyl (C=O) groups excluding carboxylic acids is 2. The number of nitrogens with zero attached hydrogens (tertiary/aromatic N) is 1. The van der Waals surface area contributed by atoms with Crippen LogP contribution in [0.2, 0.25) is 0 Å². The van der Waals surface area contributed by atoms with Crippen molar-refractivity contribution in [1.29, 1.82) is 0 Å². The lowest BCUT2D eigenvalue weighted by Crippen LogP contribution is -2.38. The monoisotopic (exact) mass is 528 g/mol. The summed E-state index contributed by atoms with van der Waals surface area (Å²) in [6.45, 7) is 6.68. The fourth-order valence-electron chi connectivity index (χ4n) is 5.23. The van der Waals surface area contributed by atoms with Gasteiger partial charge in [-0.05, 0) is 73.2 Å². The van der Waals surface area contributed by atoms with Crippen molar-refractivity contribution in [3.8, 4) is 5.75 Å². The molecule has 6 nitrogen and oxygen atoms in total. The molecule has 1 N–H and O–H groups in total. The van der Waals surface area contributed by atoms with Crippen LogP contribution in [0.5, 0.6) is 5.75 Å². The average Bonchev–Trinajstić information content (AvgIpc) is 3.33. The van der Waals surface area contributed by atoms with Crippen LogP contribution in [-0.2, 0) is 28.0 Å². The summed E-state index contributed by atoms with van der Waals surface area (Å²) in [5, 5.41) is 1.22. The van der Waals surface area contributed by atoms with Crippen LogP contribution in [0.4, 0.5) is 0 Å². The molecular weight excluding hydrogens is 496 g/mol. The molecule has 0 fully saturated rings. The molecule has 7 heteroatoms. The van der Waals surface area contributed by atoms with Crippen molar-refractivity contribution < 1.29 is 19.1 Å². The van der Waals surface area contributed by atoms with Gasteiger partial charge in [0.25, 0.3) is 0 Å². The van der Waals surface area contributed by atoms with Gasteiger partial charge in [0.2, 0.25) is 0 Å². The Hall–Kier alpha value is -3.42. The molecule has 2 aromatic heterocycles. The first-order valence-corrected chi connectivity index (χ1v) is 14.1. The van der Waals surface area contributed by atoms with Crippen LogP contribution < -0.4 is 4.74 Å². The van der Waals surface area contributed by atoms with Crippen LogP contribution in [0.3, 0.4) is 0 Å². The van der Waals surface area contributed by atoms with Crippen molar-refractivity contribution in [2.24, 2.45) is 0 Å². The molecule has 2 aromatic carbocycles. The molecule has 1 atom stereocenters. The molecule has 3 heterocycles. The van der Waals surface area contributed by atoms with Crippen LogP contribution in [0, 0.1) is 6.92 Å². The second kappa shape index (κ2) is 11.1. The van der Waals surface area contributed by atoms with Crippen molar-refractivity contribution >= 4 is 34.4 Å². The third-order valence-electron chi connectivity index (χ3n) is 7.36. The maximum Gasteiger partial charge on any atom is 0.314 e. The minimum Gasteiger partial charge on any atom is -0.426 e. The van der Waals surface area contributed by atoms with Gasteiger partial charge in [-0.2, -0.15) is 0 Å². The minimum atomic E-state index is -0.741. The lowest BCUT2D eigenvalue weighted by molar-refractivity contribution is -0.146. The van der Waals surface area contributed by atoms with Crippen LogP contribution >= 0.6 is 11.8 Å². The van der Waals surface area contributed by atoms with E-state index in [1.807, 2.05) is 25.1 Å². The van der Waals surface area contributed by atoms with Gasteiger partial charge in [-0.25, -0.2) is 0 Å². The Morgan fingerprint density at radius 2 is 1.95 bits per heavy atom. The highest BCUT2D eigenvalue weighted by Crippen LogP contribution is 2.42. The Labute approximate surface area is 227 Å². The third kappa shape index (κ3) is 5.13. The Balaban J connectivity index is 1.26. The van der Waals surface area contributed by atoms with Crippen LogP contribution in [0.15, 0.2) is 65.8 Å². The van der Waals surface area contributed by atoms with E-state index in [2.05, 4.69) is 42.0 Å². The number of H-pyrrole nitrogens is 1. The molecule has 0 amide bonds. The number of fused-ring (bicyclic) bond motifs is 3. The van der Waals surface area contributed by atoms with Gasteiger partial charge in [0, 0.05) is 33.8 Å². The summed E-state index contributed by atoms with van der Waals surface area (Å²) in [4.78, 5) is 34.3. The van der Waals surface area contributed by atoms with Gasteiger partial charge in [-0.15, -0.1) is 11.8 Å². The number of ketones is 1. The lowest BCUT2D eigenvalue weighted by atomic mass is 9.86. The molecule has 0 bridgehead atoms. The van der Waals surface area contributed by atoms with Crippen molar-refractivity contribution in [2.75, 3.05) is 12.4 Å². The van der Waals surface area contributed by atoms with Crippen molar-refractivity contribution in [1.82, 2.24) is 9.97 Å². The molecule has 0 aliphatic carbocycles. The van der Waals surface area contributed by atoms with Crippen LogP contribution in [-0.4, -0.2) is 34.1 Å². The van der Waals surface area contributed by atoms with E-state index in [-0.39, 0.29) is 18.2 Å². The Bertz CT molecular complexity index is 1480. The number of hydrogen-bond donors (Lipinski definition) is 1. The van der Waals surface area contributed by atoms with Gasteiger partial charge < -0.3 is 14.5 Å². The summed E-state index contributed by atoms with van der Waals surface area (Å²) in [5.41, 5.74) is 5.47. The van der Waals surface area contributed by atoms with E-state index in [1.165, 1.54) is 28.3 Å². The molecule has 0 spiro atoms. The predicted octanol–water partition coefficient (Wildman–Crippen LogP) is 6.58. The molecule has 1 aliphatic heterocycles. The molecule has 5 rings (SSSR count). The summed E-state index contributed by atoms with van der Waals surface area (Å²) in [6, 6.07) is 15.5. The minimum absolute atomic E-state index is 0.0378. The fraction of sp³-hybridized carbons (Fsp3) is 0.323. The summed E-state index contributed by atoms with van der Waals surface area (Å²) < 4.78 is 12.0. The van der Waals surface area contributed by atoms with E-state index < -0.39 is 5.60 Å². The molecule has 0 saturated carbocycles. The molecular formula is C31H32N2O4S. The summed E-state index contributed by atoms with van der Waals surface area (Å²) in [6.07, 6.45) is 5.83. The number of aryl methyl sites for hydroxylation is 2. The number of thioether (sulfide) groups is 1. The molecule has 4 aromatic rings. The smallest absolute Gasteiger partial charge is 0.314 e. The summed E-state index contributed by atoms with van der Waals surface area (Å²) >= 11 is 1.45. The molecule has 0 radical (unpaired) electrons. The number of benzene rings is 2. The molecule has 1 aliphatic rings. The predicted molar refractivity (Wildman–Crippen MR) is 150 cm³/mol. The first-order chi connectivity index (χ1) is 18.4. The number of Topliss-reactive ketones (excluding diaryl/α,β-unsaturated/α-hetero) is 1. The van der Waals surface area contributed by atoms with E-state index in [0.717, 1.165) is 34.5 Å². The molecule has 196 valence electrons. The van der Waals surface area contributed by atoms with Crippen molar-refractivity contribution in [3.05, 3.63) is 88.9 Å². The number of carbonyl (C=O) groups is 2. The van der Waals surface area contributed by atoms with E-state index >= 15 is 0 Å². The summed E-state index contributed by atoms with van der Waals surface area (Å²) in [5.74, 6) is 0.489. The maximum atomic E-state index is 13.1. The average molecular weight is 529 g/mol. The van der Waals surface area contributed by atoms with Crippen LogP contribution in [0.1, 0.15) is 59.4 Å². The zero-order valence-corrected chi connectivity index (χ0v) is 22.8. The number of aromatic nitrogens is 2. The molecule has 0 saturated heterocycles. The number of rotatable bonds is 9. The largest absolute Gasteiger partial charge is 0.426 e. The van der Waals surface area contributed by atoms with E-state index in [4.69, 9.17) is 9.47 Å². The van der Waals surface area contributed by atoms with Gasteiger partial charge in [0.05, 0.1) is 24.5 Å². The highest BCUT2D eigenvalue weighted by Gasteiger charge is 2.41. The summed E-state index contributed by atoms with van der Waals surface area (Å²) in [7, 11) is 0. The Morgan fingerprint density at radius 3 is 2.68 bits per heavy atom. The first kappa shape index (κ1) is 26.2. The highest BCUT2D eigenvalue weighted by molar-refractivity contribution is 8.00. The third-order valence-corrected chi connectivity index (χ3v) is 8.37. The number of hydrogen-bond acceptors (Lipinski definition) is 6. The molecule has 38 heavy (non-hydrogen) atoms. The zero-order chi connectivity index (χ0) is 26.7. The molecule has 1 unspecified atom stereocenters. The van der Waals surface area contributed by atoms with Gasteiger partial charge in [0.15, 0.2) is 5.78 Å². The maximum absolute atomic E-state index is 13.1. The standard InChI is InChI=1S/C31H32N2O4S/c1-4-21-7-6-8-24-25-14-16-36-31(5-2,30(25)33-29(21)24)17-28(35)37-22-9-11-23(12-10-22)38-19-27(34)26-18-32-15-13-20(26)3/h6-13,15,18,33H,4-5,14,16-17,19H2,1-3H3. The number of ether oxygens (including phenoxy) is 2. The fourth-order valence-corrected chi connectivity index (χ4v) is 6.01.